The summed E-state index contributed by atoms with van der Waals surface area (Å²) in [5, 5.41) is 4.75. The Hall–Kier alpha value is -2.73. The van der Waals surface area contributed by atoms with Gasteiger partial charge in [0.05, 0.1) is 24.7 Å². The smallest absolute Gasteiger partial charge is 0.128 e. The zero-order chi connectivity index (χ0) is 20.5. The highest BCUT2D eigenvalue weighted by atomic mass is 16.5. The number of ether oxygens (including phenoxy) is 1. The molecule has 156 valence electrons. The van der Waals surface area contributed by atoms with Crippen molar-refractivity contribution in [1.82, 2.24) is 24.6 Å². The quantitative estimate of drug-likeness (QED) is 0.589. The summed E-state index contributed by atoms with van der Waals surface area (Å²) < 4.78 is 7.41. The minimum atomic E-state index is 0.436. The average Bonchev–Trinajstić information content (AvgIpc) is 3.33. The summed E-state index contributed by atoms with van der Waals surface area (Å²) in [5.74, 6) is 1.83. The van der Waals surface area contributed by atoms with Crippen molar-refractivity contribution in [2.75, 3.05) is 7.11 Å². The highest BCUT2D eigenvalue weighted by molar-refractivity contribution is 5.41. The van der Waals surface area contributed by atoms with E-state index in [1.54, 1.807) is 7.11 Å². The zero-order valence-corrected chi connectivity index (χ0v) is 17.8. The number of methoxy groups -OCH3 is 1. The Bertz CT molecular complexity index is 995. The largest absolute Gasteiger partial charge is 0.497 e. The summed E-state index contributed by atoms with van der Waals surface area (Å²) >= 11 is 0. The standard InChI is InChI=1S/C24H29N5O/c1-3-4-5-24-25-13-17(14-26-24)16-28-19-8-11-22(28)21-15-27-29(23(21)12-19)18-6-9-20(30-2)10-7-18/h6-7,9-10,13-15,19,22H,3-5,8,11-12,16H2,1-2H3/t19-,22-/m1/s1. The van der Waals surface area contributed by atoms with Crippen LogP contribution in [-0.2, 0) is 19.4 Å². The van der Waals surface area contributed by atoms with Crippen molar-refractivity contribution in [2.24, 2.45) is 0 Å². The van der Waals surface area contributed by atoms with Crippen LogP contribution in [0.3, 0.4) is 0 Å². The molecule has 2 bridgehead atoms. The molecule has 2 aromatic heterocycles. The van der Waals surface area contributed by atoms with Crippen molar-refractivity contribution < 1.29 is 4.74 Å². The third kappa shape index (κ3) is 3.49. The summed E-state index contributed by atoms with van der Waals surface area (Å²) in [4.78, 5) is 11.8. The minimum Gasteiger partial charge on any atom is -0.497 e. The number of unbranched alkanes of at least 4 members (excludes halogenated alkanes) is 1. The van der Waals surface area contributed by atoms with Gasteiger partial charge in [0.1, 0.15) is 11.6 Å². The van der Waals surface area contributed by atoms with Crippen LogP contribution in [0.1, 0.15) is 61.3 Å². The molecule has 0 unspecified atom stereocenters. The van der Waals surface area contributed by atoms with Gasteiger partial charge in [-0.3, -0.25) is 4.90 Å². The highest BCUT2D eigenvalue weighted by Gasteiger charge is 2.41. The van der Waals surface area contributed by atoms with Gasteiger partial charge >= 0.3 is 0 Å². The first-order chi connectivity index (χ1) is 14.8. The molecule has 2 atom stereocenters. The van der Waals surface area contributed by atoms with Crippen LogP contribution in [0.2, 0.25) is 0 Å². The fourth-order valence-corrected chi connectivity index (χ4v) is 4.91. The van der Waals surface area contributed by atoms with Crippen LogP contribution in [0.4, 0.5) is 0 Å². The number of nitrogens with zero attached hydrogens (tertiary/aromatic N) is 5. The topological polar surface area (TPSA) is 56.1 Å². The molecule has 1 fully saturated rings. The van der Waals surface area contributed by atoms with Crippen LogP contribution in [0, 0.1) is 0 Å². The lowest BCUT2D eigenvalue weighted by molar-refractivity contribution is 0.166. The molecule has 30 heavy (non-hydrogen) atoms. The number of hydrogen-bond acceptors (Lipinski definition) is 5. The van der Waals surface area contributed by atoms with E-state index in [-0.39, 0.29) is 0 Å². The van der Waals surface area contributed by atoms with E-state index in [4.69, 9.17) is 9.84 Å². The van der Waals surface area contributed by atoms with Crippen LogP contribution in [-0.4, -0.2) is 37.8 Å². The van der Waals surface area contributed by atoms with Gasteiger partial charge in [0.15, 0.2) is 0 Å². The Morgan fingerprint density at radius 1 is 1.07 bits per heavy atom. The number of rotatable bonds is 7. The molecule has 0 saturated carbocycles. The Kier molecular flexibility index (Phi) is 5.25. The Balaban J connectivity index is 1.35. The van der Waals surface area contributed by atoms with Crippen molar-refractivity contribution in [2.45, 2.75) is 64.1 Å². The Morgan fingerprint density at radius 2 is 1.87 bits per heavy atom. The van der Waals surface area contributed by atoms with E-state index in [1.807, 2.05) is 24.5 Å². The van der Waals surface area contributed by atoms with Crippen molar-refractivity contribution >= 4 is 0 Å². The molecule has 6 nitrogen and oxygen atoms in total. The van der Waals surface area contributed by atoms with E-state index in [0.29, 0.717) is 12.1 Å². The van der Waals surface area contributed by atoms with Gasteiger partial charge in [-0.2, -0.15) is 5.10 Å². The number of fused-ring (bicyclic) bond motifs is 4. The zero-order valence-electron chi connectivity index (χ0n) is 17.8. The van der Waals surface area contributed by atoms with E-state index >= 15 is 0 Å². The van der Waals surface area contributed by atoms with Gasteiger partial charge in [-0.05, 0) is 43.5 Å². The second-order valence-corrected chi connectivity index (χ2v) is 8.39. The molecule has 0 radical (unpaired) electrons. The van der Waals surface area contributed by atoms with Crippen molar-refractivity contribution in [3.63, 3.8) is 0 Å². The van der Waals surface area contributed by atoms with Crippen LogP contribution in [0.25, 0.3) is 5.69 Å². The van der Waals surface area contributed by atoms with Crippen LogP contribution < -0.4 is 4.74 Å². The summed E-state index contributed by atoms with van der Waals surface area (Å²) in [7, 11) is 1.70. The molecule has 0 N–H and O–H groups in total. The summed E-state index contributed by atoms with van der Waals surface area (Å²) in [6, 6.07) is 9.14. The van der Waals surface area contributed by atoms with Gasteiger partial charge in [0.2, 0.25) is 0 Å². The molecular weight excluding hydrogens is 374 g/mol. The van der Waals surface area contributed by atoms with Crippen molar-refractivity contribution in [1.29, 1.82) is 0 Å². The third-order valence-corrected chi connectivity index (χ3v) is 6.53. The minimum absolute atomic E-state index is 0.436. The van der Waals surface area contributed by atoms with Gasteiger partial charge in [0.25, 0.3) is 0 Å². The van der Waals surface area contributed by atoms with E-state index in [2.05, 4.69) is 44.8 Å². The summed E-state index contributed by atoms with van der Waals surface area (Å²) in [6.45, 7) is 3.11. The second kappa shape index (κ2) is 8.19. The fourth-order valence-electron chi connectivity index (χ4n) is 4.91. The van der Waals surface area contributed by atoms with Crippen LogP contribution >= 0.6 is 0 Å². The lowest BCUT2D eigenvalue weighted by Crippen LogP contribution is -2.37. The first kappa shape index (κ1) is 19.2. The lowest BCUT2D eigenvalue weighted by atomic mass is 9.99. The molecule has 0 spiro atoms. The molecule has 6 heteroatoms. The fraction of sp³-hybridized carbons (Fsp3) is 0.458. The molecule has 1 aromatic carbocycles. The highest BCUT2D eigenvalue weighted by Crippen LogP contribution is 2.44. The molecule has 0 amide bonds. The van der Waals surface area contributed by atoms with Gasteiger partial charge < -0.3 is 4.74 Å². The maximum Gasteiger partial charge on any atom is 0.128 e. The lowest BCUT2D eigenvalue weighted by Gasteiger charge is -2.34. The molecule has 5 rings (SSSR count). The first-order valence-electron chi connectivity index (χ1n) is 11.0. The maximum atomic E-state index is 5.29. The molecule has 1 saturated heterocycles. The van der Waals surface area contributed by atoms with Gasteiger partial charge in [0, 0.05) is 55.0 Å². The second-order valence-electron chi connectivity index (χ2n) is 8.39. The number of hydrogen-bond donors (Lipinski definition) is 0. The van der Waals surface area contributed by atoms with Crippen molar-refractivity contribution in [3.8, 4) is 11.4 Å². The monoisotopic (exact) mass is 403 g/mol. The first-order valence-corrected chi connectivity index (χ1v) is 11.0. The molecule has 3 aromatic rings. The predicted molar refractivity (Wildman–Crippen MR) is 116 cm³/mol. The Labute approximate surface area is 177 Å². The molecule has 4 heterocycles. The molecule has 0 aliphatic carbocycles. The predicted octanol–water partition coefficient (Wildman–Crippen LogP) is 4.28. The molecule has 2 aliphatic heterocycles. The molecule has 2 aliphatic rings. The van der Waals surface area contributed by atoms with Crippen LogP contribution in [0.15, 0.2) is 42.9 Å². The summed E-state index contributed by atoms with van der Waals surface area (Å²) in [6.07, 6.45) is 12.9. The van der Waals surface area contributed by atoms with Gasteiger partial charge in [-0.25, -0.2) is 14.6 Å². The van der Waals surface area contributed by atoms with E-state index in [0.717, 1.165) is 43.1 Å². The SMILES string of the molecule is CCCCc1ncc(CN2[C@@H]3CC[C@@H]2c2cnn(-c4ccc(OC)cc4)c2C3)cn1. The number of benzene rings is 1. The van der Waals surface area contributed by atoms with E-state index < -0.39 is 0 Å². The van der Waals surface area contributed by atoms with Gasteiger partial charge in [-0.1, -0.05) is 13.3 Å². The third-order valence-electron chi connectivity index (χ3n) is 6.53. The van der Waals surface area contributed by atoms with Gasteiger partial charge in [-0.15, -0.1) is 0 Å². The Morgan fingerprint density at radius 3 is 2.60 bits per heavy atom. The summed E-state index contributed by atoms with van der Waals surface area (Å²) in [5.41, 5.74) is 5.04. The van der Waals surface area contributed by atoms with E-state index in [9.17, 15) is 0 Å². The average molecular weight is 404 g/mol. The maximum absolute atomic E-state index is 5.29. The molecular formula is C24H29N5O. The number of aromatic nitrogens is 4. The normalized spacial score (nSPS) is 20.3. The number of aryl methyl sites for hydroxylation is 1. The van der Waals surface area contributed by atoms with Crippen molar-refractivity contribution in [3.05, 3.63) is 65.5 Å². The van der Waals surface area contributed by atoms with E-state index in [1.165, 1.54) is 36.1 Å². The van der Waals surface area contributed by atoms with Crippen LogP contribution in [0.5, 0.6) is 5.75 Å².